The third-order valence-electron chi connectivity index (χ3n) is 3.08. The van der Waals surface area contributed by atoms with Gasteiger partial charge in [-0.25, -0.2) is 9.36 Å². The number of aryl methyl sites for hydroxylation is 1. The zero-order valence-electron chi connectivity index (χ0n) is 10.7. The van der Waals surface area contributed by atoms with Crippen molar-refractivity contribution in [3.63, 3.8) is 0 Å². The van der Waals surface area contributed by atoms with Crippen molar-refractivity contribution >= 4 is 0 Å². The average Bonchev–Trinajstić information content (AvgIpc) is 3.06. The van der Waals surface area contributed by atoms with E-state index in [0.29, 0.717) is 6.54 Å². The van der Waals surface area contributed by atoms with Gasteiger partial charge in [0.15, 0.2) is 5.82 Å². The Labute approximate surface area is 111 Å². The van der Waals surface area contributed by atoms with E-state index in [4.69, 9.17) is 5.73 Å². The largest absolute Gasteiger partial charge is 0.326 e. The molecule has 0 fully saturated rings. The van der Waals surface area contributed by atoms with Gasteiger partial charge in [-0.3, -0.25) is 0 Å². The molecule has 0 amide bonds. The van der Waals surface area contributed by atoms with Crippen molar-refractivity contribution in [3.05, 3.63) is 60.0 Å². The maximum Gasteiger partial charge on any atom is 0.161 e. The molecule has 0 aliphatic carbocycles. The molecule has 0 saturated carbocycles. The van der Waals surface area contributed by atoms with Crippen LogP contribution >= 0.6 is 0 Å². The van der Waals surface area contributed by atoms with Crippen LogP contribution in [0, 0.1) is 6.92 Å². The van der Waals surface area contributed by atoms with Crippen LogP contribution in [0.5, 0.6) is 0 Å². The lowest BCUT2D eigenvalue weighted by Crippen LogP contribution is -2.09. The van der Waals surface area contributed by atoms with Crippen LogP contribution in [-0.4, -0.2) is 19.6 Å². The van der Waals surface area contributed by atoms with Crippen LogP contribution in [-0.2, 0) is 6.54 Å². The third-order valence-corrected chi connectivity index (χ3v) is 3.08. The van der Waals surface area contributed by atoms with Gasteiger partial charge in [0.25, 0.3) is 0 Å². The summed E-state index contributed by atoms with van der Waals surface area (Å²) in [5.41, 5.74) is 8.79. The fourth-order valence-electron chi connectivity index (χ4n) is 2.16. The Hall–Kier alpha value is -2.40. The second-order valence-corrected chi connectivity index (χ2v) is 4.29. The van der Waals surface area contributed by atoms with E-state index in [1.165, 1.54) is 0 Å². The van der Waals surface area contributed by atoms with Gasteiger partial charge < -0.3 is 5.73 Å². The van der Waals surface area contributed by atoms with Gasteiger partial charge in [-0.1, -0.05) is 18.2 Å². The van der Waals surface area contributed by atoms with E-state index in [1.807, 2.05) is 54.2 Å². The SMILES string of the molecule is Cc1nn(-c2ccccc2)c(-n2cccn2)c1CN. The van der Waals surface area contributed by atoms with Gasteiger partial charge >= 0.3 is 0 Å². The van der Waals surface area contributed by atoms with Gasteiger partial charge in [-0.2, -0.15) is 10.2 Å². The lowest BCUT2D eigenvalue weighted by Gasteiger charge is -2.08. The molecule has 0 unspecified atom stereocenters. The number of rotatable bonds is 3. The lowest BCUT2D eigenvalue weighted by molar-refractivity contribution is 0.756. The first-order valence-electron chi connectivity index (χ1n) is 6.15. The second-order valence-electron chi connectivity index (χ2n) is 4.29. The molecule has 1 aromatic carbocycles. The standard InChI is InChI=1S/C14H15N5/c1-11-13(10-15)14(18-9-5-8-16-18)19(17-11)12-6-3-2-4-7-12/h2-9H,10,15H2,1H3. The fourth-order valence-corrected chi connectivity index (χ4v) is 2.16. The number of para-hydroxylation sites is 1. The number of hydrogen-bond acceptors (Lipinski definition) is 3. The summed E-state index contributed by atoms with van der Waals surface area (Å²) in [5.74, 6) is 0.899. The van der Waals surface area contributed by atoms with Gasteiger partial charge in [-0.15, -0.1) is 0 Å². The van der Waals surface area contributed by atoms with E-state index < -0.39 is 0 Å². The first-order chi connectivity index (χ1) is 9.31. The van der Waals surface area contributed by atoms with Crippen molar-refractivity contribution in [2.75, 3.05) is 0 Å². The smallest absolute Gasteiger partial charge is 0.161 e. The highest BCUT2D eigenvalue weighted by molar-refractivity contribution is 5.45. The topological polar surface area (TPSA) is 61.7 Å². The van der Waals surface area contributed by atoms with E-state index >= 15 is 0 Å². The third kappa shape index (κ3) is 1.94. The van der Waals surface area contributed by atoms with Crippen molar-refractivity contribution in [2.24, 2.45) is 5.73 Å². The molecular formula is C14H15N5. The minimum atomic E-state index is 0.438. The number of aromatic nitrogens is 4. The van der Waals surface area contributed by atoms with Crippen molar-refractivity contribution < 1.29 is 0 Å². The molecule has 0 atom stereocenters. The Morgan fingerprint density at radius 3 is 2.58 bits per heavy atom. The number of benzene rings is 1. The van der Waals surface area contributed by atoms with Gasteiger partial charge in [0.05, 0.1) is 11.4 Å². The molecule has 2 heterocycles. The molecule has 0 saturated heterocycles. The van der Waals surface area contributed by atoms with Crippen molar-refractivity contribution in [2.45, 2.75) is 13.5 Å². The van der Waals surface area contributed by atoms with Gasteiger partial charge in [-0.05, 0) is 25.1 Å². The Bertz CT molecular complexity index is 667. The first kappa shape index (κ1) is 11.7. The molecule has 0 radical (unpaired) electrons. The predicted octanol–water partition coefficient (Wildman–Crippen LogP) is 1.83. The maximum absolute atomic E-state index is 5.85. The van der Waals surface area contributed by atoms with E-state index in [0.717, 1.165) is 22.8 Å². The van der Waals surface area contributed by atoms with Crippen molar-refractivity contribution in [1.29, 1.82) is 0 Å². The number of nitrogens with two attached hydrogens (primary N) is 1. The summed E-state index contributed by atoms with van der Waals surface area (Å²) in [6.07, 6.45) is 3.65. The first-order valence-corrected chi connectivity index (χ1v) is 6.15. The van der Waals surface area contributed by atoms with Crippen LogP contribution in [0.25, 0.3) is 11.5 Å². The molecule has 96 valence electrons. The minimum Gasteiger partial charge on any atom is -0.326 e. The molecule has 0 aliphatic heterocycles. The highest BCUT2D eigenvalue weighted by atomic mass is 15.4. The average molecular weight is 253 g/mol. The minimum absolute atomic E-state index is 0.438. The summed E-state index contributed by atoms with van der Waals surface area (Å²) in [7, 11) is 0. The zero-order valence-corrected chi connectivity index (χ0v) is 10.7. The quantitative estimate of drug-likeness (QED) is 0.774. The normalized spacial score (nSPS) is 10.8. The fraction of sp³-hybridized carbons (Fsp3) is 0.143. The second kappa shape index (κ2) is 4.70. The van der Waals surface area contributed by atoms with E-state index in [9.17, 15) is 0 Å². The molecular weight excluding hydrogens is 238 g/mol. The summed E-state index contributed by atoms with van der Waals surface area (Å²) in [6, 6.07) is 11.9. The molecule has 2 aromatic heterocycles. The Morgan fingerprint density at radius 2 is 1.95 bits per heavy atom. The Balaban J connectivity index is 2.26. The molecule has 3 rings (SSSR count). The van der Waals surface area contributed by atoms with Crippen LogP contribution < -0.4 is 5.73 Å². The molecule has 2 N–H and O–H groups in total. The van der Waals surface area contributed by atoms with Crippen LogP contribution in [0.15, 0.2) is 48.8 Å². The van der Waals surface area contributed by atoms with Crippen LogP contribution in [0.3, 0.4) is 0 Å². The monoisotopic (exact) mass is 253 g/mol. The van der Waals surface area contributed by atoms with Crippen LogP contribution in [0.1, 0.15) is 11.3 Å². The highest BCUT2D eigenvalue weighted by Gasteiger charge is 2.16. The predicted molar refractivity (Wildman–Crippen MR) is 73.3 cm³/mol. The van der Waals surface area contributed by atoms with Gasteiger partial charge in [0, 0.05) is 24.5 Å². The Kier molecular flexibility index (Phi) is 2.89. The highest BCUT2D eigenvalue weighted by Crippen LogP contribution is 2.21. The molecule has 0 spiro atoms. The molecule has 3 aromatic rings. The van der Waals surface area contributed by atoms with E-state index in [1.54, 1.807) is 10.9 Å². The summed E-state index contributed by atoms with van der Waals surface area (Å²) in [5, 5.41) is 8.88. The van der Waals surface area contributed by atoms with Crippen molar-refractivity contribution in [1.82, 2.24) is 19.6 Å². The summed E-state index contributed by atoms with van der Waals surface area (Å²) < 4.78 is 3.68. The van der Waals surface area contributed by atoms with Gasteiger partial charge in [0.1, 0.15) is 0 Å². The summed E-state index contributed by atoms with van der Waals surface area (Å²) in [4.78, 5) is 0. The molecule has 5 nitrogen and oxygen atoms in total. The van der Waals surface area contributed by atoms with E-state index in [-0.39, 0.29) is 0 Å². The molecule has 19 heavy (non-hydrogen) atoms. The molecule has 0 bridgehead atoms. The number of hydrogen-bond donors (Lipinski definition) is 1. The maximum atomic E-state index is 5.85. The van der Waals surface area contributed by atoms with E-state index in [2.05, 4.69) is 10.2 Å². The van der Waals surface area contributed by atoms with Crippen LogP contribution in [0.2, 0.25) is 0 Å². The molecule has 0 aliphatic rings. The van der Waals surface area contributed by atoms with Gasteiger partial charge in [0.2, 0.25) is 0 Å². The zero-order chi connectivity index (χ0) is 13.2. The lowest BCUT2D eigenvalue weighted by atomic mass is 10.2. The van der Waals surface area contributed by atoms with Crippen LogP contribution in [0.4, 0.5) is 0 Å². The summed E-state index contributed by atoms with van der Waals surface area (Å²) >= 11 is 0. The summed E-state index contributed by atoms with van der Waals surface area (Å²) in [6.45, 7) is 2.41. The number of nitrogens with zero attached hydrogens (tertiary/aromatic N) is 4. The van der Waals surface area contributed by atoms with Crippen molar-refractivity contribution in [3.8, 4) is 11.5 Å². The Morgan fingerprint density at radius 1 is 1.16 bits per heavy atom. The molecule has 5 heteroatoms.